The molecule has 2 atom stereocenters. The molecular formula is C74H148. The van der Waals surface area contributed by atoms with Crippen molar-refractivity contribution in [2.45, 2.75) is 376 Å². The molecule has 2 fully saturated rings. The molecular weight excluding hydrogens is 889 g/mol. The molecule has 444 valence electrons. The Kier molecular flexibility index (Phi) is 85.7. The van der Waals surface area contributed by atoms with Crippen molar-refractivity contribution in [3.8, 4) is 0 Å². The Morgan fingerprint density at radius 3 is 1.09 bits per heavy atom. The van der Waals surface area contributed by atoms with E-state index in [-0.39, 0.29) is 0 Å². The van der Waals surface area contributed by atoms with Gasteiger partial charge in [0.15, 0.2) is 0 Å². The van der Waals surface area contributed by atoms with Crippen LogP contribution in [0.3, 0.4) is 0 Å². The van der Waals surface area contributed by atoms with Crippen molar-refractivity contribution < 1.29 is 0 Å². The minimum atomic E-state index is 0.779. The van der Waals surface area contributed by atoms with E-state index in [2.05, 4.69) is 199 Å². The van der Waals surface area contributed by atoms with E-state index in [1.807, 2.05) is 0 Å². The molecule has 74 heavy (non-hydrogen) atoms. The van der Waals surface area contributed by atoms with Crippen LogP contribution < -0.4 is 0 Å². The number of rotatable bonds is 24. The lowest BCUT2D eigenvalue weighted by atomic mass is 9.78. The highest BCUT2D eigenvalue weighted by Gasteiger charge is 2.20. The quantitative estimate of drug-likeness (QED) is 0.0920. The molecule has 0 nitrogen and oxygen atoms in total. The van der Waals surface area contributed by atoms with Gasteiger partial charge in [-0.25, -0.2) is 0 Å². The smallest absolute Gasteiger partial charge is 0.0165 e. The lowest BCUT2D eigenvalue weighted by Crippen LogP contribution is -2.16. The van der Waals surface area contributed by atoms with Gasteiger partial charge in [0.2, 0.25) is 0 Å². The van der Waals surface area contributed by atoms with E-state index in [9.17, 15) is 0 Å². The standard InChI is InChI=1S/C13H20.C11H22.C9H18.C9H12.C9H20.C7H16.4C4H10/c1-3-5-9-12(4-2)13-10-7-6-8-11-13;1-3-10(4-2)11-8-6-5-7-9-11;2*1-2-6-9-7-4-3-5-8-9;1-3-5-7-9-8-6-4-2;1-4-6-7(3)5-2;1-4(2)3;3*1-3-4-2/h6-8,10-12H,3-5,9H2,1-2H3;10-11H,3-9H2,1-2H3;9H,2-8H2,1H3;3-5,7-8H,2,6H2,1H3;3-9H2,1-2H3;7H,4-6H2,1-3H3;4H,1-3H3;3*3-4H2,1-2H3. The molecule has 0 spiro atoms. The molecule has 2 saturated carbocycles. The molecule has 2 aliphatic carbocycles. The highest BCUT2D eigenvalue weighted by atomic mass is 14.3. The fourth-order valence-corrected chi connectivity index (χ4v) is 8.89. The summed E-state index contributed by atoms with van der Waals surface area (Å²) in [6.45, 7) is 44.7. The average molecular weight is 1040 g/mol. The molecule has 0 N–H and O–H groups in total. The SMILES string of the molecule is CC(C)C.CCC(CC)C1CCCCC1.CCCC.CCCC.CCCC.CCCC(C)CC.CCCC1CCCCC1.CCCCC(CC)c1ccccc1.CCCCCCCCC.CCCc1ccccc1. The van der Waals surface area contributed by atoms with Gasteiger partial charge in [0.25, 0.3) is 0 Å². The number of hydrogen-bond donors (Lipinski definition) is 0. The van der Waals surface area contributed by atoms with Crippen molar-refractivity contribution >= 4 is 0 Å². The molecule has 0 bridgehead atoms. The topological polar surface area (TPSA) is 0 Å². The number of benzene rings is 2. The summed E-state index contributed by atoms with van der Waals surface area (Å²) in [6.07, 6.45) is 50.5. The van der Waals surface area contributed by atoms with Crippen LogP contribution in [0.2, 0.25) is 0 Å². The Balaban J connectivity index is -0.000000178. The Labute approximate surface area is 474 Å². The fourth-order valence-electron chi connectivity index (χ4n) is 8.89. The first-order valence-electron chi connectivity index (χ1n) is 33.9. The van der Waals surface area contributed by atoms with Crippen molar-refractivity contribution in [2.24, 2.45) is 29.6 Å². The maximum absolute atomic E-state index is 2.35. The average Bonchev–Trinajstić information content (AvgIpc) is 3.44. The van der Waals surface area contributed by atoms with E-state index in [1.54, 1.807) is 0 Å². The second-order valence-electron chi connectivity index (χ2n) is 23.0. The summed E-state index contributed by atoms with van der Waals surface area (Å²) in [6, 6.07) is 21.5. The Morgan fingerprint density at radius 2 is 0.770 bits per heavy atom. The van der Waals surface area contributed by atoms with E-state index < -0.39 is 0 Å². The summed E-state index contributed by atoms with van der Waals surface area (Å²) in [7, 11) is 0. The first-order valence-corrected chi connectivity index (χ1v) is 33.9. The van der Waals surface area contributed by atoms with Crippen LogP contribution >= 0.6 is 0 Å². The Bertz CT molecular complexity index is 1090. The monoisotopic (exact) mass is 1040 g/mol. The first-order chi connectivity index (χ1) is 35.8. The minimum Gasteiger partial charge on any atom is -0.0654 e. The maximum Gasteiger partial charge on any atom is -0.0165 e. The van der Waals surface area contributed by atoms with Crippen LogP contribution in [0.5, 0.6) is 0 Å². The number of aryl methyl sites for hydroxylation is 1. The van der Waals surface area contributed by atoms with Crippen LogP contribution in [0, 0.1) is 29.6 Å². The molecule has 0 radical (unpaired) electrons. The van der Waals surface area contributed by atoms with Gasteiger partial charge in [0.1, 0.15) is 0 Å². The third-order valence-corrected chi connectivity index (χ3v) is 14.5. The molecule has 2 aromatic rings. The molecule has 0 heteroatoms. The lowest BCUT2D eigenvalue weighted by Gasteiger charge is -2.28. The van der Waals surface area contributed by atoms with Crippen molar-refractivity contribution in [1.29, 1.82) is 0 Å². The van der Waals surface area contributed by atoms with Gasteiger partial charge in [-0.15, -0.1) is 0 Å². The predicted octanol–water partition coefficient (Wildman–Crippen LogP) is 28.1. The third kappa shape index (κ3) is 72.5. The van der Waals surface area contributed by atoms with E-state index in [4.69, 9.17) is 0 Å². The zero-order chi connectivity index (χ0) is 57.1. The minimum absolute atomic E-state index is 0.779. The molecule has 2 unspecified atom stereocenters. The maximum atomic E-state index is 2.35. The molecule has 0 amide bonds. The molecule has 2 aliphatic rings. The van der Waals surface area contributed by atoms with Gasteiger partial charge in [0, 0.05) is 0 Å². The Morgan fingerprint density at radius 1 is 0.365 bits per heavy atom. The van der Waals surface area contributed by atoms with E-state index in [0.29, 0.717) is 0 Å². The van der Waals surface area contributed by atoms with Crippen LogP contribution in [0.15, 0.2) is 60.7 Å². The van der Waals surface area contributed by atoms with Crippen LogP contribution in [0.1, 0.15) is 380 Å². The highest BCUT2D eigenvalue weighted by Crippen LogP contribution is 2.33. The Hall–Kier alpha value is -1.56. The molecule has 0 aromatic heterocycles. The molecule has 0 aliphatic heterocycles. The zero-order valence-corrected chi connectivity index (χ0v) is 55.7. The summed E-state index contributed by atoms with van der Waals surface area (Å²) >= 11 is 0. The predicted molar refractivity (Wildman–Crippen MR) is 352 cm³/mol. The van der Waals surface area contributed by atoms with Crippen molar-refractivity contribution in [1.82, 2.24) is 0 Å². The van der Waals surface area contributed by atoms with Gasteiger partial charge in [-0.2, -0.15) is 0 Å². The van der Waals surface area contributed by atoms with Crippen LogP contribution in [0.25, 0.3) is 0 Å². The van der Waals surface area contributed by atoms with Gasteiger partial charge in [-0.05, 0) is 65.9 Å². The van der Waals surface area contributed by atoms with E-state index in [0.717, 1.165) is 35.5 Å². The van der Waals surface area contributed by atoms with Gasteiger partial charge in [0.05, 0.1) is 0 Å². The van der Waals surface area contributed by atoms with Crippen molar-refractivity contribution in [3.63, 3.8) is 0 Å². The van der Waals surface area contributed by atoms with Gasteiger partial charge >= 0.3 is 0 Å². The van der Waals surface area contributed by atoms with Gasteiger partial charge in [-0.3, -0.25) is 0 Å². The first kappa shape index (κ1) is 83.8. The van der Waals surface area contributed by atoms with Crippen molar-refractivity contribution in [3.05, 3.63) is 71.8 Å². The summed E-state index contributed by atoms with van der Waals surface area (Å²) in [4.78, 5) is 0. The highest BCUT2D eigenvalue weighted by molar-refractivity contribution is 5.19. The second kappa shape index (κ2) is 75.7. The largest absolute Gasteiger partial charge is 0.0654 e. The second-order valence-corrected chi connectivity index (χ2v) is 23.0. The van der Waals surface area contributed by atoms with E-state index in [1.165, 1.54) is 242 Å². The molecule has 0 saturated heterocycles. The molecule has 2 aromatic carbocycles. The normalized spacial score (nSPS) is 13.5. The number of unbranched alkanes of at least 4 members (excludes halogenated alkanes) is 10. The van der Waals surface area contributed by atoms with Gasteiger partial charge in [-0.1, -0.05) is 411 Å². The number of hydrogen-bond acceptors (Lipinski definition) is 0. The van der Waals surface area contributed by atoms with Gasteiger partial charge < -0.3 is 0 Å². The fraction of sp³-hybridized carbons (Fsp3) is 0.838. The lowest BCUT2D eigenvalue weighted by molar-refractivity contribution is 0.236. The van der Waals surface area contributed by atoms with Crippen molar-refractivity contribution in [2.75, 3.05) is 0 Å². The van der Waals surface area contributed by atoms with E-state index >= 15 is 0 Å². The zero-order valence-electron chi connectivity index (χ0n) is 55.7. The van der Waals surface area contributed by atoms with Crippen LogP contribution in [-0.2, 0) is 6.42 Å². The van der Waals surface area contributed by atoms with Crippen LogP contribution in [0.4, 0.5) is 0 Å². The summed E-state index contributed by atoms with van der Waals surface area (Å²) in [5.41, 5.74) is 2.96. The summed E-state index contributed by atoms with van der Waals surface area (Å²) in [5, 5.41) is 0. The summed E-state index contributed by atoms with van der Waals surface area (Å²) in [5.74, 6) is 5.78. The molecule has 0 heterocycles. The summed E-state index contributed by atoms with van der Waals surface area (Å²) < 4.78 is 0. The van der Waals surface area contributed by atoms with Crippen LogP contribution in [-0.4, -0.2) is 0 Å². The third-order valence-electron chi connectivity index (χ3n) is 14.5. The molecule has 4 rings (SSSR count).